The predicted molar refractivity (Wildman–Crippen MR) is 71.6 cm³/mol. The molecule has 0 saturated carbocycles. The van der Waals surface area contributed by atoms with E-state index in [1.165, 1.54) is 5.56 Å². The van der Waals surface area contributed by atoms with Crippen molar-refractivity contribution in [3.8, 4) is 16.9 Å². The van der Waals surface area contributed by atoms with Crippen molar-refractivity contribution in [3.63, 3.8) is 0 Å². The third kappa shape index (κ3) is 1.65. The zero-order valence-electron chi connectivity index (χ0n) is 10.7. The quantitative estimate of drug-likeness (QED) is 0.836. The van der Waals surface area contributed by atoms with Crippen molar-refractivity contribution >= 4 is 5.82 Å². The Hall–Kier alpha value is -1.97. The molecule has 94 valence electrons. The van der Waals surface area contributed by atoms with Gasteiger partial charge in [-0.25, -0.2) is 0 Å². The number of anilines is 1. The maximum atomic E-state index is 6.08. The van der Waals surface area contributed by atoms with Crippen LogP contribution in [-0.2, 0) is 13.5 Å². The minimum Gasteiger partial charge on any atom is -0.493 e. The van der Waals surface area contributed by atoms with Crippen molar-refractivity contribution in [2.45, 2.75) is 19.8 Å². The number of aryl methyl sites for hydroxylation is 3. The topological polar surface area (TPSA) is 53.1 Å². The molecule has 0 amide bonds. The van der Waals surface area contributed by atoms with E-state index in [4.69, 9.17) is 10.5 Å². The third-order valence-corrected chi connectivity index (χ3v) is 3.46. The Morgan fingerprint density at radius 3 is 2.94 bits per heavy atom. The lowest BCUT2D eigenvalue weighted by molar-refractivity contribution is 0.288. The number of ether oxygens (including phenoxy) is 1. The largest absolute Gasteiger partial charge is 0.493 e. The summed E-state index contributed by atoms with van der Waals surface area (Å²) in [5.74, 6) is 1.72. The molecule has 3 rings (SSSR count). The van der Waals surface area contributed by atoms with Crippen LogP contribution >= 0.6 is 0 Å². The number of hydrogen-bond donors (Lipinski definition) is 1. The molecule has 0 radical (unpaired) electrons. The Morgan fingerprint density at radius 2 is 2.22 bits per heavy atom. The first-order valence-corrected chi connectivity index (χ1v) is 6.22. The summed E-state index contributed by atoms with van der Waals surface area (Å²) in [6.45, 7) is 2.81. The third-order valence-electron chi connectivity index (χ3n) is 3.46. The molecule has 1 aliphatic rings. The molecule has 0 atom stereocenters. The molecular weight excluding hydrogens is 226 g/mol. The van der Waals surface area contributed by atoms with Crippen LogP contribution in [0.15, 0.2) is 18.2 Å². The van der Waals surface area contributed by atoms with E-state index < -0.39 is 0 Å². The lowest BCUT2D eigenvalue weighted by Gasteiger charge is -2.18. The Morgan fingerprint density at radius 1 is 1.39 bits per heavy atom. The van der Waals surface area contributed by atoms with Crippen LogP contribution in [0, 0.1) is 6.92 Å². The van der Waals surface area contributed by atoms with Crippen LogP contribution in [0.2, 0.25) is 0 Å². The maximum absolute atomic E-state index is 6.08. The molecule has 1 aromatic carbocycles. The standard InChI is InChI=1S/C14H17N3O/c1-9-13(14(15)17(2)16-9)11-5-6-12-10(8-11)4-3-7-18-12/h5-6,8H,3-4,7,15H2,1-2H3. The Labute approximate surface area is 106 Å². The average Bonchev–Trinajstić information content (AvgIpc) is 2.63. The van der Waals surface area contributed by atoms with Gasteiger partial charge in [-0.3, -0.25) is 4.68 Å². The van der Waals surface area contributed by atoms with Gasteiger partial charge in [0.15, 0.2) is 0 Å². The van der Waals surface area contributed by atoms with E-state index in [0.29, 0.717) is 5.82 Å². The smallest absolute Gasteiger partial charge is 0.129 e. The van der Waals surface area contributed by atoms with Crippen LogP contribution in [-0.4, -0.2) is 16.4 Å². The van der Waals surface area contributed by atoms with Gasteiger partial charge in [0.1, 0.15) is 11.6 Å². The molecule has 2 N–H and O–H groups in total. The molecule has 18 heavy (non-hydrogen) atoms. The molecule has 4 heteroatoms. The van der Waals surface area contributed by atoms with Gasteiger partial charge in [0, 0.05) is 12.6 Å². The average molecular weight is 243 g/mol. The number of fused-ring (bicyclic) bond motifs is 1. The fourth-order valence-corrected chi connectivity index (χ4v) is 2.55. The van der Waals surface area contributed by atoms with Gasteiger partial charge in [-0.15, -0.1) is 0 Å². The van der Waals surface area contributed by atoms with Gasteiger partial charge < -0.3 is 10.5 Å². The van der Waals surface area contributed by atoms with Crippen LogP contribution in [0.25, 0.3) is 11.1 Å². The van der Waals surface area contributed by atoms with E-state index in [9.17, 15) is 0 Å². The van der Waals surface area contributed by atoms with Crippen molar-refractivity contribution in [3.05, 3.63) is 29.5 Å². The van der Waals surface area contributed by atoms with Gasteiger partial charge >= 0.3 is 0 Å². The second-order valence-electron chi connectivity index (χ2n) is 4.74. The molecule has 0 fully saturated rings. The lowest BCUT2D eigenvalue weighted by Crippen LogP contribution is -2.08. The van der Waals surface area contributed by atoms with Crippen molar-refractivity contribution in [1.29, 1.82) is 0 Å². The maximum Gasteiger partial charge on any atom is 0.129 e. The SMILES string of the molecule is Cc1nn(C)c(N)c1-c1ccc2c(c1)CCCO2. The first-order valence-electron chi connectivity index (χ1n) is 6.22. The van der Waals surface area contributed by atoms with Crippen molar-refractivity contribution in [2.75, 3.05) is 12.3 Å². The van der Waals surface area contributed by atoms with E-state index in [1.54, 1.807) is 4.68 Å². The van der Waals surface area contributed by atoms with Crippen LogP contribution in [0.3, 0.4) is 0 Å². The predicted octanol–water partition coefficient (Wildman–Crippen LogP) is 2.30. The van der Waals surface area contributed by atoms with E-state index in [-0.39, 0.29) is 0 Å². The number of nitrogens with two attached hydrogens (primary N) is 1. The molecule has 2 heterocycles. The van der Waals surface area contributed by atoms with Crippen molar-refractivity contribution in [2.24, 2.45) is 7.05 Å². The first kappa shape index (κ1) is 11.1. The second-order valence-corrected chi connectivity index (χ2v) is 4.74. The number of nitrogens with zero attached hydrogens (tertiary/aromatic N) is 2. The summed E-state index contributed by atoms with van der Waals surface area (Å²) in [5, 5.41) is 4.36. The van der Waals surface area contributed by atoms with E-state index >= 15 is 0 Å². The summed E-state index contributed by atoms with van der Waals surface area (Å²) in [5.41, 5.74) is 10.5. The molecular formula is C14H17N3O. The highest BCUT2D eigenvalue weighted by molar-refractivity contribution is 5.77. The van der Waals surface area contributed by atoms with Crippen molar-refractivity contribution < 1.29 is 4.74 Å². The first-order chi connectivity index (χ1) is 8.66. The molecule has 0 saturated heterocycles. The minimum atomic E-state index is 0.712. The minimum absolute atomic E-state index is 0.712. The van der Waals surface area contributed by atoms with Gasteiger partial charge in [-0.1, -0.05) is 6.07 Å². The molecule has 1 aliphatic heterocycles. The molecule has 0 unspecified atom stereocenters. The molecule has 0 bridgehead atoms. The Balaban J connectivity index is 2.12. The zero-order chi connectivity index (χ0) is 12.7. The van der Waals surface area contributed by atoms with Gasteiger partial charge in [-0.05, 0) is 43.0 Å². The van der Waals surface area contributed by atoms with E-state index in [2.05, 4.69) is 17.2 Å². The molecule has 4 nitrogen and oxygen atoms in total. The summed E-state index contributed by atoms with van der Waals surface area (Å²) in [6.07, 6.45) is 2.15. The summed E-state index contributed by atoms with van der Waals surface area (Å²) < 4.78 is 7.35. The number of benzene rings is 1. The highest BCUT2D eigenvalue weighted by atomic mass is 16.5. The fraction of sp³-hybridized carbons (Fsp3) is 0.357. The molecule has 2 aromatic rings. The number of hydrogen-bond acceptors (Lipinski definition) is 3. The number of nitrogen functional groups attached to an aromatic ring is 1. The fourth-order valence-electron chi connectivity index (χ4n) is 2.55. The molecule has 0 spiro atoms. The van der Waals surface area contributed by atoms with Crippen LogP contribution in [0.4, 0.5) is 5.82 Å². The van der Waals surface area contributed by atoms with E-state index in [1.807, 2.05) is 20.0 Å². The molecule has 0 aliphatic carbocycles. The normalized spacial score (nSPS) is 14.1. The highest BCUT2D eigenvalue weighted by Crippen LogP contribution is 2.34. The van der Waals surface area contributed by atoms with Gasteiger partial charge in [0.05, 0.1) is 12.3 Å². The summed E-state index contributed by atoms with van der Waals surface area (Å²) in [4.78, 5) is 0. The summed E-state index contributed by atoms with van der Waals surface area (Å²) >= 11 is 0. The Kier molecular flexibility index (Phi) is 2.51. The lowest BCUT2D eigenvalue weighted by atomic mass is 9.99. The number of rotatable bonds is 1. The van der Waals surface area contributed by atoms with Crippen molar-refractivity contribution in [1.82, 2.24) is 9.78 Å². The van der Waals surface area contributed by atoms with Crippen LogP contribution in [0.5, 0.6) is 5.75 Å². The second kappa shape index (κ2) is 4.05. The summed E-state index contributed by atoms with van der Waals surface area (Å²) in [7, 11) is 1.87. The number of aromatic nitrogens is 2. The molecule has 1 aromatic heterocycles. The monoisotopic (exact) mass is 243 g/mol. The van der Waals surface area contributed by atoms with Gasteiger partial charge in [0.25, 0.3) is 0 Å². The van der Waals surface area contributed by atoms with Crippen LogP contribution in [0.1, 0.15) is 17.7 Å². The zero-order valence-corrected chi connectivity index (χ0v) is 10.7. The Bertz CT molecular complexity index is 601. The highest BCUT2D eigenvalue weighted by Gasteiger charge is 2.16. The van der Waals surface area contributed by atoms with Gasteiger partial charge in [-0.2, -0.15) is 5.10 Å². The van der Waals surface area contributed by atoms with Crippen LogP contribution < -0.4 is 10.5 Å². The van der Waals surface area contributed by atoms with Gasteiger partial charge in [0.2, 0.25) is 0 Å². The van der Waals surface area contributed by atoms with E-state index in [0.717, 1.165) is 42.0 Å². The summed E-state index contributed by atoms with van der Waals surface area (Å²) in [6, 6.07) is 6.27.